The zero-order valence-electron chi connectivity index (χ0n) is 14.5. The van der Waals surface area contributed by atoms with Crippen LogP contribution in [0.3, 0.4) is 0 Å². The van der Waals surface area contributed by atoms with Crippen LogP contribution in [0, 0.1) is 5.82 Å². The molecule has 0 bridgehead atoms. The molecule has 2 aromatic rings. The smallest absolute Gasteiger partial charge is 0.318 e. The van der Waals surface area contributed by atoms with E-state index in [1.54, 1.807) is 23.1 Å². The van der Waals surface area contributed by atoms with E-state index in [9.17, 15) is 14.0 Å². The maximum absolute atomic E-state index is 13.7. The van der Waals surface area contributed by atoms with Crippen LogP contribution in [-0.4, -0.2) is 29.4 Å². The molecule has 0 radical (unpaired) electrons. The number of nitrogens with zero attached hydrogens (tertiary/aromatic N) is 1. The van der Waals surface area contributed by atoms with E-state index in [-0.39, 0.29) is 24.3 Å². The molecule has 26 heavy (non-hydrogen) atoms. The highest BCUT2D eigenvalue weighted by atomic mass is 19.1. The number of carbonyl (C=O) groups excluding carboxylic acids is 2. The van der Waals surface area contributed by atoms with Gasteiger partial charge >= 0.3 is 6.03 Å². The summed E-state index contributed by atoms with van der Waals surface area (Å²) in [6.07, 6.45) is 1.39. The normalized spacial score (nSPS) is 16.3. The van der Waals surface area contributed by atoms with Gasteiger partial charge in [-0.2, -0.15) is 0 Å². The Morgan fingerprint density at radius 2 is 1.73 bits per heavy atom. The van der Waals surface area contributed by atoms with Crippen LogP contribution >= 0.6 is 0 Å². The number of rotatable bonds is 5. The second-order valence-electron chi connectivity index (χ2n) is 6.30. The average Bonchev–Trinajstić information content (AvgIpc) is 3.16. The van der Waals surface area contributed by atoms with Crippen molar-refractivity contribution in [3.05, 3.63) is 71.5 Å². The molecule has 3 rings (SSSR count). The number of nitrogens with one attached hydrogen (secondary N) is 2. The lowest BCUT2D eigenvalue weighted by Crippen LogP contribution is -2.49. The molecule has 6 heteroatoms. The van der Waals surface area contributed by atoms with E-state index < -0.39 is 6.04 Å². The van der Waals surface area contributed by atoms with Gasteiger partial charge in [0.25, 0.3) is 0 Å². The van der Waals surface area contributed by atoms with E-state index in [0.29, 0.717) is 25.1 Å². The lowest BCUT2D eigenvalue weighted by atomic mass is 10.2. The highest BCUT2D eigenvalue weighted by Gasteiger charge is 2.33. The van der Waals surface area contributed by atoms with Crippen LogP contribution in [0.1, 0.15) is 24.0 Å². The summed E-state index contributed by atoms with van der Waals surface area (Å²) in [5, 5.41) is 5.60. The predicted octanol–water partition coefficient (Wildman–Crippen LogP) is 2.82. The zero-order valence-corrected chi connectivity index (χ0v) is 14.5. The quantitative estimate of drug-likeness (QED) is 0.866. The third-order valence-corrected chi connectivity index (χ3v) is 4.51. The number of urea groups is 1. The van der Waals surface area contributed by atoms with Gasteiger partial charge in [0.15, 0.2) is 0 Å². The van der Waals surface area contributed by atoms with Crippen LogP contribution in [0.25, 0.3) is 0 Å². The first-order valence-corrected chi connectivity index (χ1v) is 8.74. The molecule has 136 valence electrons. The van der Waals surface area contributed by atoms with Crippen molar-refractivity contribution in [3.8, 4) is 0 Å². The second-order valence-corrected chi connectivity index (χ2v) is 6.30. The number of amides is 3. The Morgan fingerprint density at radius 1 is 1.00 bits per heavy atom. The summed E-state index contributed by atoms with van der Waals surface area (Å²) in [6.45, 7) is 1.07. The number of halogens is 1. The van der Waals surface area contributed by atoms with E-state index >= 15 is 0 Å². The van der Waals surface area contributed by atoms with Crippen molar-refractivity contribution in [2.24, 2.45) is 0 Å². The monoisotopic (exact) mass is 355 g/mol. The molecule has 0 unspecified atom stereocenters. The number of benzene rings is 2. The Labute approximate surface area is 152 Å². The standard InChI is InChI=1S/C20H22FN3O2/c21-17-10-5-4-9-16(17)14-22-19(25)18-11-6-12-24(18)20(26)23-13-15-7-2-1-3-8-15/h1-5,7-10,18H,6,11-14H2,(H,22,25)(H,23,26)/t18-/m0/s1. The molecule has 1 heterocycles. The third-order valence-electron chi connectivity index (χ3n) is 4.51. The van der Waals surface area contributed by atoms with Gasteiger partial charge in [-0.25, -0.2) is 9.18 Å². The fourth-order valence-electron chi connectivity index (χ4n) is 3.10. The summed E-state index contributed by atoms with van der Waals surface area (Å²) < 4.78 is 13.7. The summed E-state index contributed by atoms with van der Waals surface area (Å²) in [4.78, 5) is 26.5. The zero-order chi connectivity index (χ0) is 18.4. The Morgan fingerprint density at radius 3 is 2.50 bits per heavy atom. The topological polar surface area (TPSA) is 61.4 Å². The van der Waals surface area contributed by atoms with Crippen molar-refractivity contribution in [2.45, 2.75) is 32.0 Å². The van der Waals surface area contributed by atoms with Gasteiger partial charge in [0.05, 0.1) is 0 Å². The van der Waals surface area contributed by atoms with Gasteiger partial charge in [0, 0.05) is 25.2 Å². The van der Waals surface area contributed by atoms with E-state index in [4.69, 9.17) is 0 Å². The molecule has 5 nitrogen and oxygen atoms in total. The molecule has 1 aliphatic heterocycles. The Balaban J connectivity index is 1.54. The summed E-state index contributed by atoms with van der Waals surface area (Å²) in [7, 11) is 0. The molecule has 0 spiro atoms. The summed E-state index contributed by atoms with van der Waals surface area (Å²) >= 11 is 0. The highest BCUT2D eigenvalue weighted by Crippen LogP contribution is 2.18. The minimum absolute atomic E-state index is 0.113. The number of hydrogen-bond acceptors (Lipinski definition) is 2. The van der Waals surface area contributed by atoms with Crippen molar-refractivity contribution < 1.29 is 14.0 Å². The molecular formula is C20H22FN3O2. The number of likely N-dealkylation sites (tertiary alicyclic amines) is 1. The first-order valence-electron chi connectivity index (χ1n) is 8.74. The first-order chi connectivity index (χ1) is 12.6. The van der Waals surface area contributed by atoms with Crippen LogP contribution in [0.5, 0.6) is 0 Å². The van der Waals surface area contributed by atoms with Gasteiger partial charge in [-0.3, -0.25) is 4.79 Å². The summed E-state index contributed by atoms with van der Waals surface area (Å²) in [6, 6.07) is 15.2. The largest absolute Gasteiger partial charge is 0.350 e. The van der Waals surface area contributed by atoms with Crippen LogP contribution in [0.4, 0.5) is 9.18 Å². The third kappa shape index (κ3) is 4.39. The number of hydrogen-bond donors (Lipinski definition) is 2. The molecule has 2 N–H and O–H groups in total. The van der Waals surface area contributed by atoms with Crippen LogP contribution in [0.2, 0.25) is 0 Å². The van der Waals surface area contributed by atoms with Gasteiger partial charge < -0.3 is 15.5 Å². The fraction of sp³-hybridized carbons (Fsp3) is 0.300. The Bertz CT molecular complexity index is 767. The van der Waals surface area contributed by atoms with E-state index in [1.165, 1.54) is 6.07 Å². The lowest BCUT2D eigenvalue weighted by Gasteiger charge is -2.24. The fourth-order valence-corrected chi connectivity index (χ4v) is 3.10. The van der Waals surface area contributed by atoms with Crippen molar-refractivity contribution in [1.29, 1.82) is 0 Å². The van der Waals surface area contributed by atoms with Gasteiger partial charge in [0.2, 0.25) is 5.91 Å². The molecule has 0 saturated carbocycles. The van der Waals surface area contributed by atoms with Gasteiger partial charge in [0.1, 0.15) is 11.9 Å². The van der Waals surface area contributed by atoms with Gasteiger partial charge in [-0.1, -0.05) is 48.5 Å². The minimum atomic E-state index is -0.516. The molecule has 1 aliphatic rings. The summed E-state index contributed by atoms with van der Waals surface area (Å²) in [5.41, 5.74) is 1.43. The molecule has 2 aromatic carbocycles. The Kier molecular flexibility index (Phi) is 5.84. The molecule has 1 fully saturated rings. The summed E-state index contributed by atoms with van der Waals surface area (Å²) in [5.74, 6) is -0.600. The molecule has 0 aliphatic carbocycles. The van der Waals surface area contributed by atoms with Crippen LogP contribution < -0.4 is 10.6 Å². The average molecular weight is 355 g/mol. The maximum Gasteiger partial charge on any atom is 0.318 e. The van der Waals surface area contributed by atoms with Crippen molar-refractivity contribution in [2.75, 3.05) is 6.54 Å². The van der Waals surface area contributed by atoms with Crippen LogP contribution in [-0.2, 0) is 17.9 Å². The van der Waals surface area contributed by atoms with Crippen LogP contribution in [0.15, 0.2) is 54.6 Å². The van der Waals surface area contributed by atoms with Gasteiger partial charge in [-0.15, -0.1) is 0 Å². The molecular weight excluding hydrogens is 333 g/mol. The van der Waals surface area contributed by atoms with Crippen molar-refractivity contribution in [3.63, 3.8) is 0 Å². The molecule has 0 aromatic heterocycles. The maximum atomic E-state index is 13.7. The van der Waals surface area contributed by atoms with Crippen molar-refractivity contribution in [1.82, 2.24) is 15.5 Å². The van der Waals surface area contributed by atoms with E-state index in [1.807, 2.05) is 30.3 Å². The molecule has 3 amide bonds. The predicted molar refractivity (Wildman–Crippen MR) is 96.7 cm³/mol. The number of carbonyl (C=O) groups is 2. The Hall–Kier alpha value is -2.89. The minimum Gasteiger partial charge on any atom is -0.350 e. The molecule has 1 saturated heterocycles. The van der Waals surface area contributed by atoms with Gasteiger partial charge in [-0.05, 0) is 24.5 Å². The van der Waals surface area contributed by atoms with E-state index in [2.05, 4.69) is 10.6 Å². The lowest BCUT2D eigenvalue weighted by molar-refractivity contribution is -0.124. The second kappa shape index (κ2) is 8.47. The SMILES string of the molecule is O=C(NCc1ccccc1F)[C@@H]1CCCN1C(=O)NCc1ccccc1. The molecule has 1 atom stereocenters. The van der Waals surface area contributed by atoms with Crippen molar-refractivity contribution >= 4 is 11.9 Å². The highest BCUT2D eigenvalue weighted by molar-refractivity contribution is 5.87. The first kappa shape index (κ1) is 17.9. The van der Waals surface area contributed by atoms with E-state index in [0.717, 1.165) is 12.0 Å².